The molecule has 0 aliphatic carbocycles. The molecule has 7 heteroatoms. The predicted octanol–water partition coefficient (Wildman–Crippen LogP) is 1.93. The van der Waals surface area contributed by atoms with Gasteiger partial charge in [-0.1, -0.05) is 5.16 Å². The quantitative estimate of drug-likeness (QED) is 0.852. The molecular weight excluding hydrogens is 310 g/mol. The molecule has 0 unspecified atom stereocenters. The molecule has 1 saturated heterocycles. The van der Waals surface area contributed by atoms with Crippen molar-refractivity contribution in [3.8, 4) is 17.1 Å². The summed E-state index contributed by atoms with van der Waals surface area (Å²) in [4.78, 5) is 18.7. The van der Waals surface area contributed by atoms with Crippen molar-refractivity contribution >= 4 is 5.91 Å². The van der Waals surface area contributed by atoms with E-state index < -0.39 is 0 Å². The number of hydrogen-bond donors (Lipinski definition) is 0. The second-order valence-corrected chi connectivity index (χ2v) is 6.33. The van der Waals surface area contributed by atoms with Crippen LogP contribution < -0.4 is 4.74 Å². The molecule has 3 rings (SSSR count). The SMILES string of the molecule is COc1ccc(-c2noc(CC(=O)N3CCOCC3(C)C)n2)cc1. The van der Waals surface area contributed by atoms with Gasteiger partial charge in [0.05, 0.1) is 25.9 Å². The minimum atomic E-state index is -0.325. The largest absolute Gasteiger partial charge is 0.497 e. The highest BCUT2D eigenvalue weighted by atomic mass is 16.5. The lowest BCUT2D eigenvalue weighted by atomic mass is 10.0. The van der Waals surface area contributed by atoms with E-state index in [-0.39, 0.29) is 17.9 Å². The van der Waals surface area contributed by atoms with Crippen LogP contribution in [0.4, 0.5) is 0 Å². The second-order valence-electron chi connectivity index (χ2n) is 6.33. The van der Waals surface area contributed by atoms with Crippen LogP contribution in [-0.2, 0) is 16.0 Å². The first-order chi connectivity index (χ1) is 11.5. The molecule has 0 bridgehead atoms. The fraction of sp³-hybridized carbons (Fsp3) is 0.471. The van der Waals surface area contributed by atoms with Crippen molar-refractivity contribution in [3.63, 3.8) is 0 Å². The van der Waals surface area contributed by atoms with Crippen molar-refractivity contribution in [2.45, 2.75) is 25.8 Å². The number of amides is 1. The molecular formula is C17H21N3O4. The van der Waals surface area contributed by atoms with Crippen molar-refractivity contribution in [1.82, 2.24) is 15.0 Å². The number of methoxy groups -OCH3 is 1. The van der Waals surface area contributed by atoms with Gasteiger partial charge in [0, 0.05) is 12.1 Å². The Balaban J connectivity index is 1.70. The van der Waals surface area contributed by atoms with Gasteiger partial charge in [-0.05, 0) is 38.1 Å². The first kappa shape index (κ1) is 16.4. The van der Waals surface area contributed by atoms with Crippen molar-refractivity contribution < 1.29 is 18.8 Å². The monoisotopic (exact) mass is 331 g/mol. The first-order valence-electron chi connectivity index (χ1n) is 7.85. The lowest BCUT2D eigenvalue weighted by molar-refractivity contribution is -0.145. The fourth-order valence-electron chi connectivity index (χ4n) is 2.73. The fourth-order valence-corrected chi connectivity index (χ4v) is 2.73. The standard InChI is InChI=1S/C17H21N3O4/c1-17(2)11-23-9-8-20(17)15(21)10-14-18-16(19-24-14)12-4-6-13(22-3)7-5-12/h4-7H,8-11H2,1-3H3. The summed E-state index contributed by atoms with van der Waals surface area (Å²) in [5.74, 6) is 1.50. The van der Waals surface area contributed by atoms with Crippen molar-refractivity contribution in [2.24, 2.45) is 0 Å². The highest BCUT2D eigenvalue weighted by Gasteiger charge is 2.34. The molecule has 0 radical (unpaired) electrons. The third kappa shape index (κ3) is 3.41. The molecule has 0 N–H and O–H groups in total. The Morgan fingerprint density at radius 3 is 2.75 bits per heavy atom. The normalized spacial score (nSPS) is 16.9. The van der Waals surface area contributed by atoms with Crippen LogP contribution in [0.25, 0.3) is 11.4 Å². The van der Waals surface area contributed by atoms with E-state index in [1.165, 1.54) is 0 Å². The molecule has 7 nitrogen and oxygen atoms in total. The molecule has 0 spiro atoms. The average Bonchev–Trinajstić information content (AvgIpc) is 3.03. The van der Waals surface area contributed by atoms with Crippen LogP contribution in [0, 0.1) is 0 Å². The second kappa shape index (κ2) is 6.60. The molecule has 1 aliphatic rings. The molecule has 128 valence electrons. The highest BCUT2D eigenvalue weighted by Crippen LogP contribution is 2.22. The topological polar surface area (TPSA) is 77.7 Å². The predicted molar refractivity (Wildman–Crippen MR) is 86.6 cm³/mol. The zero-order valence-electron chi connectivity index (χ0n) is 14.1. The smallest absolute Gasteiger partial charge is 0.236 e. The van der Waals surface area contributed by atoms with Crippen LogP contribution >= 0.6 is 0 Å². The maximum Gasteiger partial charge on any atom is 0.236 e. The molecule has 1 aromatic carbocycles. The van der Waals surface area contributed by atoms with Crippen LogP contribution in [-0.4, -0.2) is 53.4 Å². The van der Waals surface area contributed by atoms with E-state index in [0.29, 0.717) is 31.5 Å². The minimum absolute atomic E-state index is 0.0340. The number of hydrogen-bond acceptors (Lipinski definition) is 6. The van der Waals surface area contributed by atoms with Crippen LogP contribution in [0.15, 0.2) is 28.8 Å². The summed E-state index contributed by atoms with van der Waals surface area (Å²) in [7, 11) is 1.61. The summed E-state index contributed by atoms with van der Waals surface area (Å²) in [6.45, 7) is 5.63. The van der Waals surface area contributed by atoms with E-state index in [1.54, 1.807) is 7.11 Å². The molecule has 0 atom stereocenters. The van der Waals surface area contributed by atoms with Gasteiger partial charge in [0.15, 0.2) is 0 Å². The summed E-state index contributed by atoms with van der Waals surface area (Å²) in [6.07, 6.45) is 0.0899. The lowest BCUT2D eigenvalue weighted by Gasteiger charge is -2.42. The Morgan fingerprint density at radius 1 is 1.33 bits per heavy atom. The molecule has 1 aromatic heterocycles. The van der Waals surface area contributed by atoms with E-state index in [2.05, 4.69) is 10.1 Å². The van der Waals surface area contributed by atoms with Gasteiger partial charge in [0.1, 0.15) is 12.2 Å². The molecule has 2 heterocycles. The number of ether oxygens (including phenoxy) is 2. The first-order valence-corrected chi connectivity index (χ1v) is 7.85. The third-order valence-electron chi connectivity index (χ3n) is 4.07. The number of nitrogens with zero attached hydrogens (tertiary/aromatic N) is 3. The number of morpholine rings is 1. The number of carbonyl (C=O) groups excluding carboxylic acids is 1. The maximum atomic E-state index is 12.5. The average molecular weight is 331 g/mol. The van der Waals surface area contributed by atoms with Gasteiger partial charge in [-0.2, -0.15) is 4.98 Å². The summed E-state index contributed by atoms with van der Waals surface area (Å²) >= 11 is 0. The van der Waals surface area contributed by atoms with Gasteiger partial charge >= 0.3 is 0 Å². The minimum Gasteiger partial charge on any atom is -0.497 e. The van der Waals surface area contributed by atoms with Crippen LogP contribution in [0.2, 0.25) is 0 Å². The maximum absolute atomic E-state index is 12.5. The van der Waals surface area contributed by atoms with Crippen molar-refractivity contribution in [3.05, 3.63) is 30.2 Å². The number of carbonyl (C=O) groups is 1. The van der Waals surface area contributed by atoms with E-state index in [4.69, 9.17) is 14.0 Å². The Bertz CT molecular complexity index is 709. The third-order valence-corrected chi connectivity index (χ3v) is 4.07. The summed E-state index contributed by atoms with van der Waals surface area (Å²) in [5.41, 5.74) is 0.485. The van der Waals surface area contributed by atoms with Crippen molar-refractivity contribution in [2.75, 3.05) is 26.9 Å². The summed E-state index contributed by atoms with van der Waals surface area (Å²) < 4.78 is 15.8. The zero-order chi connectivity index (χ0) is 17.2. The number of rotatable bonds is 4. The molecule has 0 saturated carbocycles. The highest BCUT2D eigenvalue weighted by molar-refractivity contribution is 5.78. The van der Waals surface area contributed by atoms with E-state index in [9.17, 15) is 4.79 Å². The summed E-state index contributed by atoms with van der Waals surface area (Å²) in [6, 6.07) is 7.35. The van der Waals surface area contributed by atoms with Gasteiger partial charge in [-0.3, -0.25) is 4.79 Å². The van der Waals surface area contributed by atoms with Gasteiger partial charge in [0.25, 0.3) is 0 Å². The summed E-state index contributed by atoms with van der Waals surface area (Å²) in [5, 5.41) is 3.95. The van der Waals surface area contributed by atoms with Crippen molar-refractivity contribution in [1.29, 1.82) is 0 Å². The Kier molecular flexibility index (Phi) is 4.53. The molecule has 1 aliphatic heterocycles. The number of aromatic nitrogens is 2. The zero-order valence-corrected chi connectivity index (χ0v) is 14.1. The number of benzene rings is 1. The van der Waals surface area contributed by atoms with E-state index in [0.717, 1.165) is 11.3 Å². The Hall–Kier alpha value is -2.41. The Labute approximate surface area is 140 Å². The van der Waals surface area contributed by atoms with E-state index >= 15 is 0 Å². The van der Waals surface area contributed by atoms with E-state index in [1.807, 2.05) is 43.0 Å². The van der Waals surface area contributed by atoms with Crippen LogP contribution in [0.5, 0.6) is 5.75 Å². The van der Waals surface area contributed by atoms with Crippen LogP contribution in [0.3, 0.4) is 0 Å². The molecule has 1 fully saturated rings. The van der Waals surface area contributed by atoms with Gasteiger partial charge in [-0.15, -0.1) is 0 Å². The van der Waals surface area contributed by atoms with Gasteiger partial charge in [-0.25, -0.2) is 0 Å². The molecule has 2 aromatic rings. The lowest BCUT2D eigenvalue weighted by Crippen LogP contribution is -2.55. The van der Waals surface area contributed by atoms with Gasteiger partial charge < -0.3 is 18.9 Å². The molecule has 24 heavy (non-hydrogen) atoms. The molecule has 1 amide bonds. The Morgan fingerprint density at radius 2 is 2.08 bits per heavy atom. The van der Waals surface area contributed by atoms with Crippen LogP contribution in [0.1, 0.15) is 19.7 Å². The van der Waals surface area contributed by atoms with Gasteiger partial charge in [0.2, 0.25) is 17.6 Å².